The van der Waals surface area contributed by atoms with Crippen LogP contribution < -0.4 is 10.9 Å². The predicted molar refractivity (Wildman–Crippen MR) is 124 cm³/mol. The van der Waals surface area contributed by atoms with Crippen molar-refractivity contribution in [3.63, 3.8) is 0 Å². The summed E-state index contributed by atoms with van der Waals surface area (Å²) < 4.78 is 6.26. The molecule has 8 nitrogen and oxygen atoms in total. The maximum absolute atomic E-state index is 13.4. The summed E-state index contributed by atoms with van der Waals surface area (Å²) in [4.78, 5) is 47.2. The van der Waals surface area contributed by atoms with Crippen LogP contribution in [-0.2, 0) is 22.6 Å². The van der Waals surface area contributed by atoms with E-state index in [4.69, 9.17) is 9.72 Å². The highest BCUT2D eigenvalue weighted by atomic mass is 32.1. The first kappa shape index (κ1) is 22.2. The van der Waals surface area contributed by atoms with Gasteiger partial charge >= 0.3 is 5.97 Å². The highest BCUT2D eigenvalue weighted by Crippen LogP contribution is 2.27. The fraction of sp³-hybridized carbons (Fsp3) is 0.391. The van der Waals surface area contributed by atoms with E-state index in [1.54, 1.807) is 24.3 Å². The molecule has 1 N–H and O–H groups in total. The zero-order valence-electron chi connectivity index (χ0n) is 18.4. The van der Waals surface area contributed by atoms with Gasteiger partial charge in [-0.3, -0.25) is 19.1 Å². The minimum atomic E-state index is -0.541. The number of benzene rings is 1. The summed E-state index contributed by atoms with van der Waals surface area (Å²) in [6.07, 6.45) is 2.24. The SMILES string of the molecule is COC(=O)c1ccccc1NC(=O)Cn1c(CN2CCCC2)nc2sc(C)c(C)c2c1=O. The number of carbonyl (C=O) groups excluding carboxylic acids is 2. The Labute approximate surface area is 189 Å². The van der Waals surface area contributed by atoms with Crippen LogP contribution in [0.4, 0.5) is 5.69 Å². The number of nitrogens with zero attached hydrogens (tertiary/aromatic N) is 3. The number of esters is 1. The smallest absolute Gasteiger partial charge is 0.339 e. The number of aromatic nitrogens is 2. The van der Waals surface area contributed by atoms with Gasteiger partial charge in [-0.2, -0.15) is 0 Å². The lowest BCUT2D eigenvalue weighted by molar-refractivity contribution is -0.116. The number of thiophene rings is 1. The van der Waals surface area contributed by atoms with Crippen molar-refractivity contribution in [2.24, 2.45) is 0 Å². The Hall–Kier alpha value is -3.04. The van der Waals surface area contributed by atoms with E-state index < -0.39 is 11.9 Å². The number of methoxy groups -OCH3 is 1. The molecule has 3 heterocycles. The molecule has 1 aromatic carbocycles. The lowest BCUT2D eigenvalue weighted by Crippen LogP contribution is -2.34. The summed E-state index contributed by atoms with van der Waals surface area (Å²) >= 11 is 1.51. The number of nitrogens with one attached hydrogen (secondary N) is 1. The van der Waals surface area contributed by atoms with Gasteiger partial charge in [0.2, 0.25) is 5.91 Å². The fourth-order valence-corrected chi connectivity index (χ4v) is 5.05. The molecule has 32 heavy (non-hydrogen) atoms. The van der Waals surface area contributed by atoms with E-state index in [9.17, 15) is 14.4 Å². The summed E-state index contributed by atoms with van der Waals surface area (Å²) in [5.41, 5.74) is 1.30. The molecule has 1 amide bonds. The molecule has 168 valence electrons. The minimum absolute atomic E-state index is 0.186. The number of ether oxygens (including phenoxy) is 1. The number of hydrogen-bond acceptors (Lipinski definition) is 7. The van der Waals surface area contributed by atoms with Crippen LogP contribution in [-0.4, -0.2) is 46.5 Å². The number of fused-ring (bicyclic) bond motifs is 1. The molecule has 0 atom stereocenters. The Morgan fingerprint density at radius 3 is 2.62 bits per heavy atom. The van der Waals surface area contributed by atoms with Gasteiger partial charge in [-0.1, -0.05) is 12.1 Å². The molecule has 0 saturated carbocycles. The summed E-state index contributed by atoms with van der Waals surface area (Å²) in [6, 6.07) is 6.63. The number of anilines is 1. The van der Waals surface area contributed by atoms with E-state index in [1.165, 1.54) is 23.0 Å². The Bertz CT molecular complexity index is 1240. The first-order valence-corrected chi connectivity index (χ1v) is 11.4. The van der Waals surface area contributed by atoms with Gasteiger partial charge in [0.05, 0.1) is 30.3 Å². The summed E-state index contributed by atoms with van der Waals surface area (Å²) in [7, 11) is 1.29. The monoisotopic (exact) mass is 454 g/mol. The van der Waals surface area contributed by atoms with Crippen molar-refractivity contribution in [3.8, 4) is 0 Å². The van der Waals surface area contributed by atoms with Crippen molar-refractivity contribution in [1.29, 1.82) is 0 Å². The topological polar surface area (TPSA) is 93.5 Å². The summed E-state index contributed by atoms with van der Waals surface area (Å²) in [5, 5.41) is 3.32. The number of amides is 1. The molecule has 3 aromatic rings. The van der Waals surface area contributed by atoms with Crippen LogP contribution in [0.3, 0.4) is 0 Å². The third kappa shape index (κ3) is 4.31. The molecule has 2 aromatic heterocycles. The van der Waals surface area contributed by atoms with Crippen LogP contribution >= 0.6 is 11.3 Å². The average molecular weight is 455 g/mol. The molecular formula is C23H26N4O4S. The summed E-state index contributed by atoms with van der Waals surface area (Å²) in [6.45, 7) is 6.13. The highest BCUT2D eigenvalue weighted by Gasteiger charge is 2.22. The number of likely N-dealkylation sites (tertiary alicyclic amines) is 1. The van der Waals surface area contributed by atoms with E-state index >= 15 is 0 Å². The van der Waals surface area contributed by atoms with Gasteiger partial charge in [-0.25, -0.2) is 9.78 Å². The van der Waals surface area contributed by atoms with Gasteiger partial charge in [-0.05, 0) is 57.5 Å². The van der Waals surface area contributed by atoms with Crippen LogP contribution in [0.2, 0.25) is 0 Å². The minimum Gasteiger partial charge on any atom is -0.465 e. The van der Waals surface area contributed by atoms with Gasteiger partial charge in [-0.15, -0.1) is 11.3 Å². The molecule has 1 aliphatic heterocycles. The molecule has 0 bridgehead atoms. The van der Waals surface area contributed by atoms with E-state index in [1.807, 2.05) is 13.8 Å². The van der Waals surface area contributed by atoms with Gasteiger partial charge in [0.15, 0.2) is 0 Å². The first-order valence-electron chi connectivity index (χ1n) is 10.6. The van der Waals surface area contributed by atoms with Gasteiger partial charge in [0, 0.05) is 4.88 Å². The molecular weight excluding hydrogens is 428 g/mol. The second kappa shape index (κ2) is 9.22. The Morgan fingerprint density at radius 2 is 1.91 bits per heavy atom. The van der Waals surface area contributed by atoms with E-state index in [0.29, 0.717) is 28.3 Å². The van der Waals surface area contributed by atoms with Crippen molar-refractivity contribution < 1.29 is 14.3 Å². The third-order valence-electron chi connectivity index (χ3n) is 5.84. The van der Waals surface area contributed by atoms with Crippen LogP contribution in [0.5, 0.6) is 0 Å². The molecule has 1 saturated heterocycles. The van der Waals surface area contributed by atoms with Crippen molar-refractivity contribution >= 4 is 39.1 Å². The number of carbonyl (C=O) groups is 2. The van der Waals surface area contributed by atoms with Gasteiger partial charge < -0.3 is 10.1 Å². The van der Waals surface area contributed by atoms with Crippen LogP contribution in [0.15, 0.2) is 29.1 Å². The Morgan fingerprint density at radius 1 is 1.19 bits per heavy atom. The Balaban J connectivity index is 1.69. The zero-order valence-corrected chi connectivity index (χ0v) is 19.3. The fourth-order valence-electron chi connectivity index (χ4n) is 4.01. The van der Waals surface area contributed by atoms with Crippen LogP contribution in [0.25, 0.3) is 10.2 Å². The number of aryl methyl sites for hydroxylation is 2. The quantitative estimate of drug-likeness (QED) is 0.576. The number of para-hydroxylation sites is 1. The van der Waals surface area contributed by atoms with Crippen LogP contribution in [0.1, 0.15) is 39.5 Å². The largest absolute Gasteiger partial charge is 0.465 e. The van der Waals surface area contributed by atoms with E-state index in [0.717, 1.165) is 36.4 Å². The zero-order chi connectivity index (χ0) is 22.8. The molecule has 1 aliphatic rings. The maximum atomic E-state index is 13.4. The third-order valence-corrected chi connectivity index (χ3v) is 6.94. The lowest BCUT2D eigenvalue weighted by Gasteiger charge is -2.18. The van der Waals surface area contributed by atoms with Crippen molar-refractivity contribution in [1.82, 2.24) is 14.5 Å². The molecule has 1 fully saturated rings. The molecule has 0 radical (unpaired) electrons. The van der Waals surface area contributed by atoms with Gasteiger partial charge in [0.1, 0.15) is 17.2 Å². The molecule has 0 unspecified atom stereocenters. The second-order valence-corrected chi connectivity index (χ2v) is 9.15. The van der Waals surface area contributed by atoms with E-state index in [-0.39, 0.29) is 17.7 Å². The molecule has 9 heteroatoms. The van der Waals surface area contributed by atoms with Crippen LogP contribution in [0, 0.1) is 13.8 Å². The average Bonchev–Trinajstić information content (AvgIpc) is 3.38. The normalized spacial score (nSPS) is 14.1. The standard InChI is InChI=1S/C23H26N4O4S/c1-14-15(2)32-21-20(14)22(29)27(18(25-21)12-26-10-6-7-11-26)13-19(28)24-17-9-5-4-8-16(17)23(30)31-3/h4-5,8-9H,6-7,10-13H2,1-3H3,(H,24,28). The van der Waals surface area contributed by atoms with Crippen molar-refractivity contribution in [2.75, 3.05) is 25.5 Å². The number of rotatable bonds is 6. The van der Waals surface area contributed by atoms with E-state index in [2.05, 4.69) is 10.2 Å². The highest BCUT2D eigenvalue weighted by molar-refractivity contribution is 7.18. The predicted octanol–water partition coefficient (Wildman–Crippen LogP) is 3.10. The van der Waals surface area contributed by atoms with Crippen molar-refractivity contribution in [2.45, 2.75) is 39.8 Å². The van der Waals surface area contributed by atoms with Gasteiger partial charge in [0.25, 0.3) is 5.56 Å². The molecule has 0 spiro atoms. The molecule has 4 rings (SSSR count). The second-order valence-electron chi connectivity index (χ2n) is 7.95. The Kier molecular flexibility index (Phi) is 6.38. The maximum Gasteiger partial charge on any atom is 0.339 e. The summed E-state index contributed by atoms with van der Waals surface area (Å²) in [5.74, 6) is -0.362. The van der Waals surface area contributed by atoms with Crippen molar-refractivity contribution in [3.05, 3.63) is 56.4 Å². The lowest BCUT2D eigenvalue weighted by atomic mass is 10.2. The number of hydrogen-bond donors (Lipinski definition) is 1. The first-order chi connectivity index (χ1) is 15.4. The molecule has 0 aliphatic carbocycles.